The van der Waals surface area contributed by atoms with Crippen molar-refractivity contribution in [2.75, 3.05) is 0 Å². The van der Waals surface area contributed by atoms with Gasteiger partial charge in [0.25, 0.3) is 0 Å². The van der Waals surface area contributed by atoms with Crippen molar-refractivity contribution in [2.24, 2.45) is 0 Å². The maximum absolute atomic E-state index is 12.3. The van der Waals surface area contributed by atoms with Crippen LogP contribution in [0.1, 0.15) is 5.56 Å². The lowest BCUT2D eigenvalue weighted by atomic mass is 10.2. The fourth-order valence-corrected chi connectivity index (χ4v) is 4.80. The molecule has 1 N–H and O–H groups in total. The van der Waals surface area contributed by atoms with Crippen LogP contribution in [0.5, 0.6) is 0 Å². The largest absolute Gasteiger partial charge is 0.241 e. The molecule has 20 heavy (non-hydrogen) atoms. The Labute approximate surface area is 143 Å². The Kier molecular flexibility index (Phi) is 5.42. The van der Waals surface area contributed by atoms with Gasteiger partial charge in [-0.2, -0.15) is 0 Å². The van der Waals surface area contributed by atoms with Crippen LogP contribution in [0.4, 0.5) is 0 Å². The summed E-state index contributed by atoms with van der Waals surface area (Å²) < 4.78 is 29.3. The number of halogens is 3. The number of hydrogen-bond donors (Lipinski definition) is 1. The van der Waals surface area contributed by atoms with E-state index in [0.29, 0.717) is 4.47 Å². The van der Waals surface area contributed by atoms with E-state index in [1.165, 1.54) is 0 Å². The van der Waals surface area contributed by atoms with Crippen LogP contribution in [0, 0.1) is 0 Å². The van der Waals surface area contributed by atoms with Gasteiger partial charge in [0.15, 0.2) is 0 Å². The maximum Gasteiger partial charge on any atom is 0.241 e. The molecule has 2 aromatic rings. The van der Waals surface area contributed by atoms with Gasteiger partial charge in [-0.15, -0.1) is 0 Å². The van der Waals surface area contributed by atoms with E-state index in [9.17, 15) is 8.42 Å². The van der Waals surface area contributed by atoms with Crippen molar-refractivity contribution in [3.05, 3.63) is 61.4 Å². The third-order valence-corrected chi connectivity index (χ3v) is 5.90. The molecule has 0 aliphatic rings. The van der Waals surface area contributed by atoms with Gasteiger partial charge < -0.3 is 0 Å². The van der Waals surface area contributed by atoms with E-state index in [1.54, 1.807) is 18.2 Å². The van der Waals surface area contributed by atoms with E-state index in [0.717, 1.165) is 14.5 Å². The summed E-state index contributed by atoms with van der Waals surface area (Å²) in [7, 11) is -3.55. The monoisotopic (exact) mass is 481 g/mol. The summed E-state index contributed by atoms with van der Waals surface area (Å²) >= 11 is 9.92. The van der Waals surface area contributed by atoms with Crippen LogP contribution in [-0.2, 0) is 16.6 Å². The third kappa shape index (κ3) is 4.14. The molecular formula is C13H10Br3NO2S. The number of sulfonamides is 1. The molecule has 3 nitrogen and oxygen atoms in total. The molecule has 106 valence electrons. The minimum Gasteiger partial charge on any atom is -0.207 e. The van der Waals surface area contributed by atoms with Crippen molar-refractivity contribution in [1.29, 1.82) is 0 Å². The fourth-order valence-electron chi connectivity index (χ4n) is 1.60. The van der Waals surface area contributed by atoms with Crippen LogP contribution in [0.15, 0.2) is 60.8 Å². The van der Waals surface area contributed by atoms with Crippen molar-refractivity contribution < 1.29 is 8.42 Å². The van der Waals surface area contributed by atoms with Gasteiger partial charge in [-0.25, -0.2) is 13.1 Å². The highest BCUT2D eigenvalue weighted by Gasteiger charge is 2.17. The number of hydrogen-bond acceptors (Lipinski definition) is 2. The summed E-state index contributed by atoms with van der Waals surface area (Å²) in [6.07, 6.45) is 0. The Morgan fingerprint density at radius 1 is 0.950 bits per heavy atom. The lowest BCUT2D eigenvalue weighted by molar-refractivity contribution is 0.581. The average molecular weight is 484 g/mol. The minimum absolute atomic E-state index is 0.218. The molecular weight excluding hydrogens is 474 g/mol. The highest BCUT2D eigenvalue weighted by atomic mass is 79.9. The summed E-state index contributed by atoms with van der Waals surface area (Å²) in [5.41, 5.74) is 0.885. The van der Waals surface area contributed by atoms with Gasteiger partial charge in [0.1, 0.15) is 0 Å². The molecule has 0 bridgehead atoms. The van der Waals surface area contributed by atoms with Crippen molar-refractivity contribution in [1.82, 2.24) is 4.72 Å². The SMILES string of the molecule is O=S(=O)(NCc1cccc(Br)c1)c1ccc(Br)cc1Br. The summed E-state index contributed by atoms with van der Waals surface area (Å²) in [5, 5.41) is 0. The normalized spacial score (nSPS) is 11.6. The Morgan fingerprint density at radius 3 is 2.30 bits per heavy atom. The van der Waals surface area contributed by atoms with Crippen molar-refractivity contribution >= 4 is 57.8 Å². The minimum atomic E-state index is -3.55. The molecule has 2 aromatic carbocycles. The molecule has 0 spiro atoms. The number of benzene rings is 2. The van der Waals surface area contributed by atoms with Gasteiger partial charge in [-0.1, -0.05) is 44.0 Å². The van der Waals surface area contributed by atoms with Crippen molar-refractivity contribution in [2.45, 2.75) is 11.4 Å². The summed E-state index contributed by atoms with van der Waals surface area (Å²) in [5.74, 6) is 0. The topological polar surface area (TPSA) is 46.2 Å². The second-order valence-electron chi connectivity index (χ2n) is 4.03. The van der Waals surface area contributed by atoms with Gasteiger partial charge in [0.2, 0.25) is 10.0 Å². The first-order valence-electron chi connectivity index (χ1n) is 5.58. The molecule has 0 aliphatic heterocycles. The molecule has 0 aromatic heterocycles. The molecule has 0 amide bonds. The highest BCUT2D eigenvalue weighted by Crippen LogP contribution is 2.25. The van der Waals surface area contributed by atoms with Crippen LogP contribution in [-0.4, -0.2) is 8.42 Å². The van der Waals surface area contributed by atoms with E-state index in [1.807, 2.05) is 24.3 Å². The Morgan fingerprint density at radius 2 is 1.65 bits per heavy atom. The van der Waals surface area contributed by atoms with E-state index >= 15 is 0 Å². The summed E-state index contributed by atoms with van der Waals surface area (Å²) in [4.78, 5) is 0.218. The van der Waals surface area contributed by atoms with Gasteiger partial charge in [0, 0.05) is 20.0 Å². The van der Waals surface area contributed by atoms with E-state index < -0.39 is 10.0 Å². The molecule has 0 radical (unpaired) electrons. The first-order valence-corrected chi connectivity index (χ1v) is 9.44. The van der Waals surface area contributed by atoms with Crippen LogP contribution in [0.3, 0.4) is 0 Å². The molecule has 0 saturated heterocycles. The van der Waals surface area contributed by atoms with Gasteiger partial charge in [0.05, 0.1) is 4.90 Å². The third-order valence-electron chi connectivity index (χ3n) is 2.54. The van der Waals surface area contributed by atoms with Gasteiger partial charge in [-0.3, -0.25) is 0 Å². The van der Waals surface area contributed by atoms with Gasteiger partial charge >= 0.3 is 0 Å². The first-order chi connectivity index (χ1) is 9.38. The van der Waals surface area contributed by atoms with Crippen LogP contribution in [0.2, 0.25) is 0 Å². The molecule has 7 heteroatoms. The predicted octanol–water partition coefficient (Wildman–Crippen LogP) is 4.45. The first kappa shape index (κ1) is 16.2. The quantitative estimate of drug-likeness (QED) is 0.698. The molecule has 0 atom stereocenters. The molecule has 0 aliphatic carbocycles. The number of rotatable bonds is 4. The molecule has 0 heterocycles. The molecule has 0 saturated carbocycles. The summed E-state index contributed by atoms with van der Waals surface area (Å²) in [6.45, 7) is 0.240. The molecule has 0 fully saturated rings. The van der Waals surface area contributed by atoms with Gasteiger partial charge in [-0.05, 0) is 51.8 Å². The Hall–Kier alpha value is -0.210. The Bertz CT molecular complexity index is 732. The number of nitrogens with one attached hydrogen (secondary N) is 1. The predicted molar refractivity (Wildman–Crippen MR) is 90.0 cm³/mol. The molecule has 0 unspecified atom stereocenters. The smallest absolute Gasteiger partial charge is 0.207 e. The zero-order chi connectivity index (χ0) is 14.8. The summed E-state index contributed by atoms with van der Waals surface area (Å²) in [6, 6.07) is 12.4. The standard InChI is InChI=1S/C13H10Br3NO2S/c14-10-3-1-2-9(6-10)8-17-20(18,19)13-5-4-11(15)7-12(13)16/h1-7,17H,8H2. The average Bonchev–Trinajstić information content (AvgIpc) is 2.36. The molecule has 2 rings (SSSR count). The van der Waals surface area contributed by atoms with Crippen LogP contribution < -0.4 is 4.72 Å². The van der Waals surface area contributed by atoms with E-state index in [-0.39, 0.29) is 11.4 Å². The van der Waals surface area contributed by atoms with Crippen LogP contribution in [0.25, 0.3) is 0 Å². The highest BCUT2D eigenvalue weighted by molar-refractivity contribution is 9.11. The van der Waals surface area contributed by atoms with E-state index in [2.05, 4.69) is 52.5 Å². The van der Waals surface area contributed by atoms with E-state index in [4.69, 9.17) is 0 Å². The zero-order valence-corrected chi connectivity index (χ0v) is 15.7. The zero-order valence-electron chi connectivity index (χ0n) is 10.1. The van der Waals surface area contributed by atoms with Crippen molar-refractivity contribution in [3.8, 4) is 0 Å². The second kappa shape index (κ2) is 6.70. The fraction of sp³-hybridized carbons (Fsp3) is 0.0769. The lowest BCUT2D eigenvalue weighted by Crippen LogP contribution is -2.23. The lowest BCUT2D eigenvalue weighted by Gasteiger charge is -2.09. The maximum atomic E-state index is 12.3. The second-order valence-corrected chi connectivity index (χ2v) is 8.45. The van der Waals surface area contributed by atoms with Crippen LogP contribution >= 0.6 is 47.8 Å². The Balaban J connectivity index is 2.19. The van der Waals surface area contributed by atoms with Crippen molar-refractivity contribution in [3.63, 3.8) is 0 Å².